The molecule has 1 heterocycles. The van der Waals surface area contributed by atoms with Crippen LogP contribution < -0.4 is 5.32 Å². The molecule has 0 aromatic carbocycles. The number of fused-ring (bicyclic) bond motifs is 1. The van der Waals surface area contributed by atoms with Gasteiger partial charge in [0.25, 0.3) is 0 Å². The van der Waals surface area contributed by atoms with E-state index in [1.807, 2.05) is 4.90 Å². The van der Waals surface area contributed by atoms with Gasteiger partial charge in [-0.05, 0) is 50.9 Å². The molecule has 6 heteroatoms. The lowest BCUT2D eigenvalue weighted by molar-refractivity contribution is -0.159. The van der Waals surface area contributed by atoms with Crippen LogP contribution in [-0.2, 0) is 19.1 Å². The molecule has 198 valence electrons. The summed E-state index contributed by atoms with van der Waals surface area (Å²) >= 11 is 0. The Hall–Kier alpha value is -1.85. The number of carbonyl (C=O) groups excluding carboxylic acids is 3. The molecule has 0 radical (unpaired) electrons. The molecule has 2 fully saturated rings. The summed E-state index contributed by atoms with van der Waals surface area (Å²) in [6.07, 6.45) is 19.1. The van der Waals surface area contributed by atoms with Crippen LogP contribution in [0, 0.1) is 17.3 Å². The van der Waals surface area contributed by atoms with Crippen LogP contribution >= 0.6 is 0 Å². The van der Waals surface area contributed by atoms with Gasteiger partial charge in [0.05, 0.1) is 7.11 Å². The van der Waals surface area contributed by atoms with Crippen LogP contribution in [-0.4, -0.2) is 42.9 Å². The Morgan fingerprint density at radius 3 is 2.54 bits per heavy atom. The summed E-state index contributed by atoms with van der Waals surface area (Å²) in [4.78, 5) is 41.7. The number of likely N-dealkylation sites (tertiary alicyclic amines) is 1. The van der Waals surface area contributed by atoms with E-state index in [1.54, 1.807) is 0 Å². The van der Waals surface area contributed by atoms with Gasteiger partial charge in [-0.2, -0.15) is 0 Å². The van der Waals surface area contributed by atoms with Crippen LogP contribution in [0.4, 0.5) is 0 Å². The lowest BCUT2D eigenvalue weighted by Crippen LogP contribution is -2.53. The Bertz CT molecular complexity index is 743. The van der Waals surface area contributed by atoms with Crippen molar-refractivity contribution in [3.63, 3.8) is 0 Å². The first-order valence-corrected chi connectivity index (χ1v) is 14.4. The highest BCUT2D eigenvalue weighted by Gasteiger charge is 2.53. The van der Waals surface area contributed by atoms with Crippen LogP contribution in [0.25, 0.3) is 0 Å². The second-order valence-electron chi connectivity index (χ2n) is 11.1. The maximum absolute atomic E-state index is 13.7. The first-order valence-electron chi connectivity index (χ1n) is 14.4. The summed E-state index contributed by atoms with van der Waals surface area (Å²) < 4.78 is 5.32. The molecule has 6 nitrogen and oxygen atoms in total. The molecular weight excluding hydrogens is 440 g/mol. The number of methoxy groups -OCH3 is 1. The highest BCUT2D eigenvalue weighted by molar-refractivity contribution is 5.92. The van der Waals surface area contributed by atoms with E-state index >= 15 is 0 Å². The van der Waals surface area contributed by atoms with Crippen LogP contribution in [0.2, 0.25) is 0 Å². The number of nitrogens with one attached hydrogen (secondary N) is 1. The molecule has 0 bridgehead atoms. The Morgan fingerprint density at radius 2 is 1.80 bits per heavy atom. The van der Waals surface area contributed by atoms with Gasteiger partial charge in [-0.15, -0.1) is 0 Å². The van der Waals surface area contributed by atoms with Crippen LogP contribution in [0.3, 0.4) is 0 Å². The third-order valence-electron chi connectivity index (χ3n) is 8.44. The average Bonchev–Trinajstić information content (AvgIpc) is 3.10. The van der Waals surface area contributed by atoms with Gasteiger partial charge in [-0.3, -0.25) is 14.4 Å². The highest BCUT2D eigenvalue weighted by atomic mass is 16.5. The van der Waals surface area contributed by atoms with E-state index in [0.29, 0.717) is 31.8 Å². The fourth-order valence-electron chi connectivity index (χ4n) is 6.43. The van der Waals surface area contributed by atoms with E-state index in [2.05, 4.69) is 18.3 Å². The predicted molar refractivity (Wildman–Crippen MR) is 138 cm³/mol. The zero-order valence-corrected chi connectivity index (χ0v) is 22.2. The number of rotatable bonds is 12. The van der Waals surface area contributed by atoms with E-state index in [0.717, 1.165) is 37.8 Å². The monoisotopic (exact) mass is 488 g/mol. The zero-order chi connectivity index (χ0) is 25.1. The minimum atomic E-state index is -0.810. The standard InChI is InChI=1S/C29H48N2O4/c1-3-4-5-6-7-14-19-31-25-17-12-9-13-18-29(25,28(34)35-2)21-24(27(31)33)20-26(32)30-22-23-15-10-8-11-16-23/h17,23-24H,3-16,18-22H2,1-2H3,(H,30,32)/t24-,29-/m0/s1. The molecule has 1 N–H and O–H groups in total. The molecule has 35 heavy (non-hydrogen) atoms. The number of ether oxygens (including phenoxy) is 1. The maximum atomic E-state index is 13.7. The van der Waals surface area contributed by atoms with Gasteiger partial charge in [0, 0.05) is 31.1 Å². The summed E-state index contributed by atoms with van der Waals surface area (Å²) in [6.45, 7) is 3.53. The van der Waals surface area contributed by atoms with Gasteiger partial charge in [0.1, 0.15) is 5.41 Å². The molecule has 0 spiro atoms. The number of hydrogen-bond donors (Lipinski definition) is 1. The molecule has 1 aliphatic heterocycles. The summed E-state index contributed by atoms with van der Waals surface area (Å²) in [5, 5.41) is 3.11. The number of amides is 2. The third-order valence-corrected chi connectivity index (χ3v) is 8.44. The van der Waals surface area contributed by atoms with E-state index in [1.165, 1.54) is 64.9 Å². The van der Waals surface area contributed by atoms with Crippen LogP contribution in [0.15, 0.2) is 11.8 Å². The first kappa shape index (κ1) is 27.7. The van der Waals surface area contributed by atoms with Gasteiger partial charge < -0.3 is 15.0 Å². The van der Waals surface area contributed by atoms with Gasteiger partial charge >= 0.3 is 5.97 Å². The van der Waals surface area contributed by atoms with Crippen LogP contribution in [0.1, 0.15) is 116 Å². The van der Waals surface area contributed by atoms with Crippen molar-refractivity contribution >= 4 is 17.8 Å². The Balaban J connectivity index is 1.72. The lowest BCUT2D eigenvalue weighted by atomic mass is 9.69. The molecule has 3 aliphatic rings. The Labute approximate surface area is 212 Å². The van der Waals surface area contributed by atoms with E-state index < -0.39 is 11.3 Å². The topological polar surface area (TPSA) is 75.7 Å². The van der Waals surface area contributed by atoms with Gasteiger partial charge in [-0.25, -0.2) is 0 Å². The average molecular weight is 489 g/mol. The molecule has 2 atom stereocenters. The smallest absolute Gasteiger partial charge is 0.317 e. The Morgan fingerprint density at radius 1 is 1.06 bits per heavy atom. The van der Waals surface area contributed by atoms with E-state index in [9.17, 15) is 14.4 Å². The van der Waals surface area contributed by atoms with Crippen molar-refractivity contribution in [2.75, 3.05) is 20.2 Å². The van der Waals surface area contributed by atoms with Gasteiger partial charge in [0.2, 0.25) is 11.8 Å². The van der Waals surface area contributed by atoms with E-state index in [-0.39, 0.29) is 24.2 Å². The SMILES string of the molecule is CCCCCCCCN1C(=O)[C@@H](CC(=O)NCC2CCCCC2)C[C@@]2(C(=O)OC)CCCCC=C12. The number of carbonyl (C=O) groups is 3. The summed E-state index contributed by atoms with van der Waals surface area (Å²) in [6, 6.07) is 0. The minimum Gasteiger partial charge on any atom is -0.468 e. The lowest BCUT2D eigenvalue weighted by Gasteiger charge is -2.46. The molecule has 2 aliphatic carbocycles. The molecule has 1 saturated heterocycles. The van der Waals surface area contributed by atoms with Gasteiger partial charge in [0.15, 0.2) is 0 Å². The molecule has 0 unspecified atom stereocenters. The number of hydrogen-bond acceptors (Lipinski definition) is 4. The molecule has 0 aromatic rings. The molecule has 2 amide bonds. The number of unbranched alkanes of at least 4 members (excludes halogenated alkanes) is 5. The fraction of sp³-hybridized carbons (Fsp3) is 0.828. The highest BCUT2D eigenvalue weighted by Crippen LogP contribution is 2.49. The first-order chi connectivity index (χ1) is 17.0. The molecular formula is C29H48N2O4. The third kappa shape index (κ3) is 7.33. The number of esters is 1. The summed E-state index contributed by atoms with van der Waals surface area (Å²) in [7, 11) is 1.44. The van der Waals surface area contributed by atoms with Gasteiger partial charge in [-0.1, -0.05) is 70.8 Å². The molecule has 3 rings (SSSR count). The quantitative estimate of drug-likeness (QED) is 0.274. The van der Waals surface area contributed by atoms with Crippen molar-refractivity contribution in [1.82, 2.24) is 10.2 Å². The van der Waals surface area contributed by atoms with Crippen molar-refractivity contribution in [3.8, 4) is 0 Å². The maximum Gasteiger partial charge on any atom is 0.317 e. The largest absolute Gasteiger partial charge is 0.468 e. The van der Waals surface area contributed by atoms with Crippen molar-refractivity contribution in [2.45, 2.75) is 116 Å². The molecule has 0 aromatic heterocycles. The normalized spacial score (nSPS) is 25.4. The zero-order valence-electron chi connectivity index (χ0n) is 22.2. The minimum absolute atomic E-state index is 0.0130. The van der Waals surface area contributed by atoms with Crippen molar-refractivity contribution < 1.29 is 19.1 Å². The molecule has 1 saturated carbocycles. The number of nitrogens with zero attached hydrogens (tertiary/aromatic N) is 1. The van der Waals surface area contributed by atoms with Crippen molar-refractivity contribution in [3.05, 3.63) is 11.8 Å². The van der Waals surface area contributed by atoms with Crippen molar-refractivity contribution in [1.29, 1.82) is 0 Å². The second kappa shape index (κ2) is 14.0. The fourth-order valence-corrected chi connectivity index (χ4v) is 6.43. The summed E-state index contributed by atoms with van der Waals surface area (Å²) in [5.41, 5.74) is 0.0367. The number of piperidine rings is 1. The van der Waals surface area contributed by atoms with Crippen molar-refractivity contribution in [2.24, 2.45) is 17.3 Å². The van der Waals surface area contributed by atoms with E-state index in [4.69, 9.17) is 4.74 Å². The van der Waals surface area contributed by atoms with Crippen LogP contribution in [0.5, 0.6) is 0 Å². The second-order valence-corrected chi connectivity index (χ2v) is 11.1. The Kier molecular flexibility index (Phi) is 11.1. The number of allylic oxidation sites excluding steroid dienone is 1. The predicted octanol–water partition coefficient (Wildman–Crippen LogP) is 5.90. The summed E-state index contributed by atoms with van der Waals surface area (Å²) in [5.74, 6) is -0.222.